The van der Waals surface area contributed by atoms with E-state index >= 15 is 0 Å². The van der Waals surface area contributed by atoms with Crippen molar-refractivity contribution in [1.82, 2.24) is 4.72 Å². The zero-order valence-corrected chi connectivity index (χ0v) is 10.7. The Morgan fingerprint density at radius 1 is 1.56 bits per heavy atom. The molecule has 0 atom stereocenters. The third kappa shape index (κ3) is 3.08. The standard InChI is InChI=1S/C11H14N2O4S/c1-3-6-13-18(15,16)10-7-8(12)4-5-9(10)11(14)17-2/h3-5,7,13H,1,6,12H2,2H3. The fourth-order valence-electron chi connectivity index (χ4n) is 1.29. The lowest BCUT2D eigenvalue weighted by atomic mass is 10.2. The maximum atomic E-state index is 12.0. The smallest absolute Gasteiger partial charge is 0.339 e. The van der Waals surface area contributed by atoms with Crippen molar-refractivity contribution >= 4 is 21.7 Å². The first-order valence-electron chi connectivity index (χ1n) is 5.00. The topological polar surface area (TPSA) is 98.5 Å². The van der Waals surface area contributed by atoms with Crippen LogP contribution in [0.25, 0.3) is 0 Å². The zero-order chi connectivity index (χ0) is 13.8. The molecule has 0 heterocycles. The van der Waals surface area contributed by atoms with E-state index in [0.29, 0.717) is 0 Å². The Morgan fingerprint density at radius 2 is 2.22 bits per heavy atom. The Hall–Kier alpha value is -1.86. The van der Waals surface area contributed by atoms with Gasteiger partial charge in [0.2, 0.25) is 10.0 Å². The number of nitrogens with one attached hydrogen (secondary N) is 1. The van der Waals surface area contributed by atoms with E-state index in [4.69, 9.17) is 5.73 Å². The highest BCUT2D eigenvalue weighted by molar-refractivity contribution is 7.89. The van der Waals surface area contributed by atoms with Crippen LogP contribution in [0, 0.1) is 0 Å². The zero-order valence-electron chi connectivity index (χ0n) is 9.84. The van der Waals surface area contributed by atoms with Crippen LogP contribution in [0.5, 0.6) is 0 Å². The van der Waals surface area contributed by atoms with Crippen molar-refractivity contribution in [2.75, 3.05) is 19.4 Å². The highest BCUT2D eigenvalue weighted by Crippen LogP contribution is 2.19. The minimum atomic E-state index is -3.83. The van der Waals surface area contributed by atoms with Crippen molar-refractivity contribution in [1.29, 1.82) is 0 Å². The van der Waals surface area contributed by atoms with E-state index < -0.39 is 16.0 Å². The highest BCUT2D eigenvalue weighted by Gasteiger charge is 2.22. The first-order valence-corrected chi connectivity index (χ1v) is 6.49. The lowest BCUT2D eigenvalue weighted by Crippen LogP contribution is -2.26. The molecule has 0 bridgehead atoms. The summed E-state index contributed by atoms with van der Waals surface area (Å²) >= 11 is 0. The van der Waals surface area contributed by atoms with Crippen LogP contribution in [0.4, 0.5) is 5.69 Å². The highest BCUT2D eigenvalue weighted by atomic mass is 32.2. The van der Waals surface area contributed by atoms with Crippen LogP contribution in [0.15, 0.2) is 35.7 Å². The minimum absolute atomic E-state index is 0.0533. The maximum Gasteiger partial charge on any atom is 0.339 e. The fraction of sp³-hybridized carbons (Fsp3) is 0.182. The Labute approximate surface area is 105 Å². The number of sulfonamides is 1. The number of hydrogen-bond acceptors (Lipinski definition) is 5. The molecule has 18 heavy (non-hydrogen) atoms. The van der Waals surface area contributed by atoms with Crippen LogP contribution < -0.4 is 10.5 Å². The van der Waals surface area contributed by atoms with Gasteiger partial charge in [-0.15, -0.1) is 6.58 Å². The lowest BCUT2D eigenvalue weighted by Gasteiger charge is -2.10. The predicted octanol–water partition coefficient (Wildman–Crippen LogP) is 0.520. The molecule has 0 aromatic heterocycles. The van der Waals surface area contributed by atoms with Crippen molar-refractivity contribution in [2.24, 2.45) is 0 Å². The molecule has 0 saturated carbocycles. The molecule has 0 spiro atoms. The van der Waals surface area contributed by atoms with Gasteiger partial charge in [-0.1, -0.05) is 6.08 Å². The SMILES string of the molecule is C=CCNS(=O)(=O)c1cc(N)ccc1C(=O)OC. The summed E-state index contributed by atoms with van der Waals surface area (Å²) in [4.78, 5) is 11.3. The van der Waals surface area contributed by atoms with E-state index in [1.807, 2.05) is 0 Å². The summed E-state index contributed by atoms with van der Waals surface area (Å²) in [6.45, 7) is 3.46. The van der Waals surface area contributed by atoms with Crippen molar-refractivity contribution in [2.45, 2.75) is 4.90 Å². The second kappa shape index (κ2) is 5.65. The summed E-state index contributed by atoms with van der Waals surface area (Å²) in [5, 5.41) is 0. The van der Waals surface area contributed by atoms with Gasteiger partial charge in [-0.2, -0.15) is 0 Å². The Kier molecular flexibility index (Phi) is 4.46. The molecule has 0 fully saturated rings. The largest absolute Gasteiger partial charge is 0.465 e. The molecular weight excluding hydrogens is 256 g/mol. The number of rotatable bonds is 5. The number of hydrogen-bond donors (Lipinski definition) is 2. The van der Waals surface area contributed by atoms with Gasteiger partial charge in [-0.05, 0) is 18.2 Å². The van der Waals surface area contributed by atoms with Gasteiger partial charge < -0.3 is 10.5 Å². The first kappa shape index (κ1) is 14.2. The molecule has 0 radical (unpaired) electrons. The lowest BCUT2D eigenvalue weighted by molar-refractivity contribution is 0.0596. The molecule has 1 rings (SSSR count). The number of ether oxygens (including phenoxy) is 1. The number of benzene rings is 1. The molecule has 0 aliphatic heterocycles. The third-order valence-electron chi connectivity index (χ3n) is 2.12. The fourth-order valence-corrected chi connectivity index (χ4v) is 2.51. The van der Waals surface area contributed by atoms with E-state index in [1.165, 1.54) is 31.4 Å². The van der Waals surface area contributed by atoms with Crippen LogP contribution in [0.1, 0.15) is 10.4 Å². The maximum absolute atomic E-state index is 12.0. The van der Waals surface area contributed by atoms with E-state index in [-0.39, 0.29) is 22.7 Å². The van der Waals surface area contributed by atoms with Crippen LogP contribution in [-0.2, 0) is 14.8 Å². The molecule has 0 aliphatic carbocycles. The summed E-state index contributed by atoms with van der Waals surface area (Å²) in [6.07, 6.45) is 1.39. The van der Waals surface area contributed by atoms with Gasteiger partial charge in [0.25, 0.3) is 0 Å². The van der Waals surface area contributed by atoms with Crippen molar-refractivity contribution in [3.8, 4) is 0 Å². The summed E-state index contributed by atoms with van der Waals surface area (Å²) in [5.74, 6) is -0.742. The number of nitrogen functional groups attached to an aromatic ring is 1. The normalized spacial score (nSPS) is 10.9. The van der Waals surface area contributed by atoms with Gasteiger partial charge >= 0.3 is 5.97 Å². The van der Waals surface area contributed by atoms with Crippen LogP contribution in [0.3, 0.4) is 0 Å². The molecule has 0 amide bonds. The second-order valence-corrected chi connectivity index (χ2v) is 5.12. The van der Waals surface area contributed by atoms with E-state index in [9.17, 15) is 13.2 Å². The molecule has 3 N–H and O–H groups in total. The average Bonchev–Trinajstić information content (AvgIpc) is 2.35. The van der Waals surface area contributed by atoms with Gasteiger partial charge in [-0.25, -0.2) is 17.9 Å². The van der Waals surface area contributed by atoms with Crippen molar-refractivity contribution in [3.63, 3.8) is 0 Å². The van der Waals surface area contributed by atoms with E-state index in [2.05, 4.69) is 16.0 Å². The number of carbonyl (C=O) groups excluding carboxylic acids is 1. The Morgan fingerprint density at radius 3 is 2.78 bits per heavy atom. The molecule has 0 saturated heterocycles. The van der Waals surface area contributed by atoms with Crippen LogP contribution >= 0.6 is 0 Å². The first-order chi connectivity index (χ1) is 8.42. The number of nitrogens with two attached hydrogens (primary N) is 1. The van der Waals surface area contributed by atoms with Crippen molar-refractivity contribution < 1.29 is 17.9 Å². The Bertz CT molecular complexity index is 566. The summed E-state index contributed by atoms with van der Waals surface area (Å²) in [7, 11) is -2.66. The summed E-state index contributed by atoms with van der Waals surface area (Å²) in [5.41, 5.74) is 5.70. The number of anilines is 1. The number of methoxy groups -OCH3 is 1. The van der Waals surface area contributed by atoms with Crippen LogP contribution in [-0.4, -0.2) is 28.0 Å². The van der Waals surface area contributed by atoms with Gasteiger partial charge in [0, 0.05) is 12.2 Å². The molecule has 0 unspecified atom stereocenters. The van der Waals surface area contributed by atoms with E-state index in [1.54, 1.807) is 0 Å². The average molecular weight is 270 g/mol. The summed E-state index contributed by atoms with van der Waals surface area (Å²) < 4.78 is 30.7. The molecule has 0 aliphatic rings. The third-order valence-corrected chi connectivity index (χ3v) is 3.58. The van der Waals surface area contributed by atoms with Gasteiger partial charge in [0.05, 0.1) is 17.6 Å². The Balaban J connectivity index is 3.33. The molecule has 1 aromatic carbocycles. The molecule has 1 aromatic rings. The second-order valence-electron chi connectivity index (χ2n) is 3.39. The summed E-state index contributed by atoms with van der Waals surface area (Å²) in [6, 6.07) is 3.94. The molecule has 6 nitrogen and oxygen atoms in total. The molecule has 98 valence electrons. The van der Waals surface area contributed by atoms with Gasteiger partial charge in [0.1, 0.15) is 0 Å². The van der Waals surface area contributed by atoms with Gasteiger partial charge in [-0.3, -0.25) is 0 Å². The van der Waals surface area contributed by atoms with Gasteiger partial charge in [0.15, 0.2) is 0 Å². The van der Waals surface area contributed by atoms with Crippen molar-refractivity contribution in [3.05, 3.63) is 36.4 Å². The number of carbonyl (C=O) groups is 1. The predicted molar refractivity (Wildman–Crippen MR) is 67.6 cm³/mol. The monoisotopic (exact) mass is 270 g/mol. The molecule has 7 heteroatoms. The molecular formula is C11H14N2O4S. The quantitative estimate of drug-likeness (QED) is 0.461. The van der Waals surface area contributed by atoms with Crippen LogP contribution in [0.2, 0.25) is 0 Å². The van der Waals surface area contributed by atoms with E-state index in [0.717, 1.165) is 0 Å². The minimum Gasteiger partial charge on any atom is -0.465 e. The number of esters is 1.